The number of hydrogen-bond donors (Lipinski definition) is 2. The highest BCUT2D eigenvalue weighted by atomic mass is 19.1. The van der Waals surface area contributed by atoms with Crippen LogP contribution < -0.4 is 10.6 Å². The first-order valence-electron chi connectivity index (χ1n) is 16.2. The van der Waals surface area contributed by atoms with Crippen molar-refractivity contribution in [2.75, 3.05) is 19.6 Å². The van der Waals surface area contributed by atoms with E-state index in [0.717, 1.165) is 5.56 Å². The Kier molecular flexibility index (Phi) is 11.5. The molecule has 4 atom stereocenters. The van der Waals surface area contributed by atoms with Crippen molar-refractivity contribution in [2.45, 2.75) is 72.0 Å². The highest BCUT2D eigenvalue weighted by Gasteiger charge is 2.44. The number of benzene rings is 2. The van der Waals surface area contributed by atoms with E-state index in [0.29, 0.717) is 31.4 Å². The Bertz CT molecular complexity index is 1530. The van der Waals surface area contributed by atoms with Gasteiger partial charge in [0.2, 0.25) is 11.8 Å². The Morgan fingerprint density at radius 3 is 2.34 bits per heavy atom. The second-order valence-electron chi connectivity index (χ2n) is 13.6. The van der Waals surface area contributed by atoms with E-state index in [2.05, 4.69) is 15.6 Å². The summed E-state index contributed by atoms with van der Waals surface area (Å²) < 4.78 is 15.3. The van der Waals surface area contributed by atoms with Crippen LogP contribution in [-0.2, 0) is 23.1 Å². The SMILES string of the molecule is CC[C@@H](C)C(=O)N[C@H](C(=O)N1C[C@@H](NC(=O)c2ccccc2)C[C@H]1CN(CCc1ccc(F)cc1)C(=O)c1cn(C)cn1)C(C)(C)C. The minimum Gasteiger partial charge on any atom is -0.347 e. The monoisotopic (exact) mass is 646 g/mol. The lowest BCUT2D eigenvalue weighted by molar-refractivity contribution is -0.141. The van der Waals surface area contributed by atoms with Crippen molar-refractivity contribution in [2.24, 2.45) is 18.4 Å². The predicted octanol–water partition coefficient (Wildman–Crippen LogP) is 4.22. The number of aromatic nitrogens is 2. The molecule has 0 unspecified atom stereocenters. The highest BCUT2D eigenvalue weighted by Crippen LogP contribution is 2.28. The van der Waals surface area contributed by atoms with Crippen molar-refractivity contribution < 1.29 is 23.6 Å². The summed E-state index contributed by atoms with van der Waals surface area (Å²) in [6, 6.07) is 13.4. The number of hydrogen-bond acceptors (Lipinski definition) is 5. The molecule has 0 bridgehead atoms. The van der Waals surface area contributed by atoms with Gasteiger partial charge in [0.05, 0.1) is 12.4 Å². The fourth-order valence-corrected chi connectivity index (χ4v) is 5.74. The molecule has 0 aliphatic carbocycles. The second-order valence-corrected chi connectivity index (χ2v) is 13.6. The van der Waals surface area contributed by atoms with E-state index in [9.17, 15) is 23.6 Å². The Balaban J connectivity index is 1.64. The van der Waals surface area contributed by atoms with Crippen LogP contribution in [0.1, 0.15) is 73.9 Å². The van der Waals surface area contributed by atoms with E-state index in [1.54, 1.807) is 70.3 Å². The van der Waals surface area contributed by atoms with Gasteiger partial charge < -0.3 is 25.0 Å². The van der Waals surface area contributed by atoms with Gasteiger partial charge >= 0.3 is 0 Å². The molecule has 4 amide bonds. The molecule has 0 spiro atoms. The van der Waals surface area contributed by atoms with Crippen LogP contribution >= 0.6 is 0 Å². The zero-order chi connectivity index (χ0) is 34.3. The van der Waals surface area contributed by atoms with E-state index >= 15 is 0 Å². The van der Waals surface area contributed by atoms with E-state index in [4.69, 9.17) is 0 Å². The average Bonchev–Trinajstić information content (AvgIpc) is 3.66. The van der Waals surface area contributed by atoms with Crippen molar-refractivity contribution in [3.63, 3.8) is 0 Å². The Labute approximate surface area is 276 Å². The van der Waals surface area contributed by atoms with Crippen LogP contribution in [-0.4, -0.2) is 80.7 Å². The normalized spacial score (nSPS) is 17.6. The second kappa shape index (κ2) is 15.4. The van der Waals surface area contributed by atoms with Gasteiger partial charge in [0.1, 0.15) is 17.6 Å². The first kappa shape index (κ1) is 35.3. The molecule has 47 heavy (non-hydrogen) atoms. The van der Waals surface area contributed by atoms with Crippen molar-refractivity contribution >= 4 is 23.6 Å². The Morgan fingerprint density at radius 1 is 1.06 bits per heavy atom. The molecule has 1 saturated heterocycles. The van der Waals surface area contributed by atoms with Crippen molar-refractivity contribution in [1.82, 2.24) is 30.0 Å². The number of rotatable bonds is 12. The molecule has 10 nitrogen and oxygen atoms in total. The number of halogens is 1. The molecule has 3 aromatic rings. The number of nitrogens with one attached hydrogen (secondary N) is 2. The van der Waals surface area contributed by atoms with Crippen LogP contribution in [0.2, 0.25) is 0 Å². The molecule has 2 heterocycles. The van der Waals surface area contributed by atoms with Gasteiger partial charge in [-0.2, -0.15) is 0 Å². The lowest BCUT2D eigenvalue weighted by Gasteiger charge is -2.37. The van der Waals surface area contributed by atoms with E-state index in [1.807, 2.05) is 40.7 Å². The van der Waals surface area contributed by atoms with Gasteiger partial charge in [-0.3, -0.25) is 19.2 Å². The third-order valence-electron chi connectivity index (χ3n) is 8.75. The summed E-state index contributed by atoms with van der Waals surface area (Å²) in [4.78, 5) is 62.1. The molecule has 4 rings (SSSR count). The first-order chi connectivity index (χ1) is 22.3. The molecule has 1 aliphatic rings. The lowest BCUT2D eigenvalue weighted by Crippen LogP contribution is -2.58. The number of amides is 4. The van der Waals surface area contributed by atoms with Crippen LogP contribution in [0.5, 0.6) is 0 Å². The van der Waals surface area contributed by atoms with Gasteiger partial charge in [0.25, 0.3) is 11.8 Å². The summed E-state index contributed by atoms with van der Waals surface area (Å²) in [5.74, 6) is -1.62. The fourth-order valence-electron chi connectivity index (χ4n) is 5.74. The number of carbonyl (C=O) groups is 4. The number of imidazole rings is 1. The molecule has 2 aromatic carbocycles. The van der Waals surface area contributed by atoms with Gasteiger partial charge in [-0.25, -0.2) is 9.37 Å². The summed E-state index contributed by atoms with van der Waals surface area (Å²) in [7, 11) is 1.78. The number of carbonyl (C=O) groups excluding carboxylic acids is 4. The number of nitrogens with zero attached hydrogens (tertiary/aromatic N) is 4. The standard InChI is InChI=1S/C36H47FN6O4/c1-7-24(2)32(44)40-31(36(3,4)5)35(47)43-20-28(39-33(45)26-11-9-8-10-12-26)19-29(43)21-42(34(46)30-22-41(6)23-38-30)18-17-25-13-15-27(37)16-14-25/h8-16,22-24,28-29,31H,7,17-21H2,1-6H3,(H,39,45)(H,40,44)/t24-,28+,29+,31-/m1/s1. The molecule has 1 aromatic heterocycles. The summed E-state index contributed by atoms with van der Waals surface area (Å²) in [6.07, 6.45) is 4.70. The average molecular weight is 647 g/mol. The quantitative estimate of drug-likeness (QED) is 0.306. The summed E-state index contributed by atoms with van der Waals surface area (Å²) in [5.41, 5.74) is 1.03. The molecule has 252 valence electrons. The maximum atomic E-state index is 14.4. The van der Waals surface area contributed by atoms with Gasteiger partial charge in [-0.1, -0.05) is 65.0 Å². The van der Waals surface area contributed by atoms with Gasteiger partial charge in [-0.15, -0.1) is 0 Å². The smallest absolute Gasteiger partial charge is 0.274 e. The van der Waals surface area contributed by atoms with Crippen molar-refractivity contribution in [3.8, 4) is 0 Å². The van der Waals surface area contributed by atoms with Crippen molar-refractivity contribution in [3.05, 3.63) is 89.8 Å². The summed E-state index contributed by atoms with van der Waals surface area (Å²) >= 11 is 0. The van der Waals surface area contributed by atoms with Crippen LogP contribution in [0, 0.1) is 17.2 Å². The molecule has 0 saturated carbocycles. The first-order valence-corrected chi connectivity index (χ1v) is 16.2. The van der Waals surface area contributed by atoms with Crippen LogP contribution in [0.25, 0.3) is 0 Å². The van der Waals surface area contributed by atoms with E-state index < -0.39 is 17.5 Å². The molecule has 1 fully saturated rings. The third-order valence-corrected chi connectivity index (χ3v) is 8.75. The summed E-state index contributed by atoms with van der Waals surface area (Å²) in [6.45, 7) is 10.2. The fraction of sp³-hybridized carbons (Fsp3) is 0.472. The minimum atomic E-state index is -0.825. The third kappa shape index (κ3) is 9.27. The zero-order valence-corrected chi connectivity index (χ0v) is 28.2. The highest BCUT2D eigenvalue weighted by molar-refractivity contribution is 5.95. The molecule has 11 heteroatoms. The maximum Gasteiger partial charge on any atom is 0.274 e. The van der Waals surface area contributed by atoms with Gasteiger partial charge in [0.15, 0.2) is 0 Å². The zero-order valence-electron chi connectivity index (χ0n) is 28.2. The Morgan fingerprint density at radius 2 is 1.74 bits per heavy atom. The number of aryl methyl sites for hydroxylation is 1. The number of likely N-dealkylation sites (tertiary alicyclic amines) is 1. The van der Waals surface area contributed by atoms with Gasteiger partial charge in [-0.05, 0) is 54.5 Å². The minimum absolute atomic E-state index is 0.177. The Hall–Kier alpha value is -4.54. The van der Waals surface area contributed by atoms with Gasteiger partial charge in [0, 0.05) is 50.4 Å². The van der Waals surface area contributed by atoms with Crippen LogP contribution in [0.3, 0.4) is 0 Å². The van der Waals surface area contributed by atoms with E-state index in [-0.39, 0.29) is 60.2 Å². The topological polar surface area (TPSA) is 117 Å². The van der Waals surface area contributed by atoms with Crippen molar-refractivity contribution in [1.29, 1.82) is 0 Å². The summed E-state index contributed by atoms with van der Waals surface area (Å²) in [5, 5.41) is 6.08. The molecular formula is C36H47FN6O4. The maximum absolute atomic E-state index is 14.4. The molecule has 0 radical (unpaired) electrons. The largest absolute Gasteiger partial charge is 0.347 e. The van der Waals surface area contributed by atoms with Crippen LogP contribution in [0.4, 0.5) is 4.39 Å². The van der Waals surface area contributed by atoms with E-state index in [1.165, 1.54) is 12.1 Å². The molecule has 1 aliphatic heterocycles. The molecular weight excluding hydrogens is 599 g/mol. The predicted molar refractivity (Wildman–Crippen MR) is 178 cm³/mol. The molecule has 2 N–H and O–H groups in total. The lowest BCUT2D eigenvalue weighted by atomic mass is 9.85. The van der Waals surface area contributed by atoms with Crippen LogP contribution in [0.15, 0.2) is 67.1 Å².